The van der Waals surface area contributed by atoms with Crippen LogP contribution in [0, 0.1) is 6.92 Å². The Bertz CT molecular complexity index is 804. The maximum Gasteiger partial charge on any atom is 0.247 e. The summed E-state index contributed by atoms with van der Waals surface area (Å²) < 4.78 is 0. The Labute approximate surface area is 148 Å². The average Bonchev–Trinajstić information content (AvgIpc) is 2.65. The lowest BCUT2D eigenvalue weighted by Gasteiger charge is -2.20. The molecule has 3 rings (SSSR count). The van der Waals surface area contributed by atoms with E-state index in [-0.39, 0.29) is 0 Å². The zero-order valence-electron chi connectivity index (χ0n) is 14.7. The van der Waals surface area contributed by atoms with E-state index in [4.69, 9.17) is 0 Å². The summed E-state index contributed by atoms with van der Waals surface area (Å²) in [7, 11) is 0. The highest BCUT2D eigenvalue weighted by molar-refractivity contribution is 5.40. The highest BCUT2D eigenvalue weighted by Crippen LogP contribution is 2.14. The lowest BCUT2D eigenvalue weighted by Crippen LogP contribution is -2.25. The number of nitrogens with zero attached hydrogens (tertiary/aromatic N) is 4. The van der Waals surface area contributed by atoms with Gasteiger partial charge in [-0.2, -0.15) is 10.1 Å². The van der Waals surface area contributed by atoms with Gasteiger partial charge in [-0.05, 0) is 25.0 Å². The molecule has 25 heavy (non-hydrogen) atoms. The van der Waals surface area contributed by atoms with Gasteiger partial charge >= 0.3 is 0 Å². The van der Waals surface area contributed by atoms with Crippen molar-refractivity contribution < 1.29 is 0 Å². The minimum absolute atomic E-state index is 0.639. The summed E-state index contributed by atoms with van der Waals surface area (Å²) in [5.41, 5.74) is 3.70. The Morgan fingerprint density at radius 2 is 1.80 bits per heavy atom. The first-order chi connectivity index (χ1) is 12.2. The normalized spacial score (nSPS) is 10.5. The molecule has 3 aromatic rings. The van der Waals surface area contributed by atoms with Gasteiger partial charge in [-0.15, -0.1) is 5.10 Å². The maximum absolute atomic E-state index is 4.62. The lowest BCUT2D eigenvalue weighted by molar-refractivity contribution is 0.769. The molecular formula is C20H23N5. The largest absolute Gasteiger partial charge is 0.365 e. The summed E-state index contributed by atoms with van der Waals surface area (Å²) in [6.45, 7) is 6.48. The van der Waals surface area contributed by atoms with Gasteiger partial charge in [-0.25, -0.2) is 0 Å². The van der Waals surface area contributed by atoms with Gasteiger partial charge in [0.25, 0.3) is 0 Å². The van der Waals surface area contributed by atoms with Crippen molar-refractivity contribution in [2.75, 3.05) is 16.8 Å². The van der Waals surface area contributed by atoms with Crippen LogP contribution in [0.4, 0.5) is 11.8 Å². The highest BCUT2D eigenvalue weighted by atomic mass is 15.3. The first-order valence-corrected chi connectivity index (χ1v) is 8.52. The molecule has 0 fully saturated rings. The number of anilines is 2. The molecule has 0 aliphatic heterocycles. The smallest absolute Gasteiger partial charge is 0.247 e. The van der Waals surface area contributed by atoms with Crippen LogP contribution in [0.25, 0.3) is 0 Å². The monoisotopic (exact) mass is 333 g/mol. The van der Waals surface area contributed by atoms with Gasteiger partial charge in [0.1, 0.15) is 0 Å². The molecule has 0 amide bonds. The van der Waals surface area contributed by atoms with Crippen molar-refractivity contribution in [3.63, 3.8) is 0 Å². The fourth-order valence-corrected chi connectivity index (χ4v) is 2.66. The molecule has 2 aromatic carbocycles. The number of rotatable bonds is 7. The van der Waals surface area contributed by atoms with Gasteiger partial charge in [0.2, 0.25) is 5.95 Å². The van der Waals surface area contributed by atoms with E-state index in [1.807, 2.05) is 18.2 Å². The standard InChI is InChI=1S/C20H23N5/c1-3-25(15-17-9-5-4-6-10-17)20-23-19(14-22-24-20)21-13-18-11-7-8-16(2)12-18/h4-12,14H,3,13,15H2,1-2H3,(H,21,23,24). The second kappa shape index (κ2) is 8.24. The number of aryl methyl sites for hydroxylation is 1. The van der Waals surface area contributed by atoms with Gasteiger partial charge in [0.15, 0.2) is 5.82 Å². The molecule has 128 valence electrons. The van der Waals surface area contributed by atoms with E-state index in [2.05, 4.69) is 75.6 Å². The fourth-order valence-electron chi connectivity index (χ4n) is 2.66. The molecule has 0 aliphatic rings. The summed E-state index contributed by atoms with van der Waals surface area (Å²) in [5.74, 6) is 1.37. The molecule has 5 nitrogen and oxygen atoms in total. The summed E-state index contributed by atoms with van der Waals surface area (Å²) in [6.07, 6.45) is 1.66. The Kier molecular flexibility index (Phi) is 5.57. The van der Waals surface area contributed by atoms with Crippen LogP contribution in [0.15, 0.2) is 60.8 Å². The summed E-state index contributed by atoms with van der Waals surface area (Å²) >= 11 is 0. The first-order valence-electron chi connectivity index (χ1n) is 8.52. The van der Waals surface area contributed by atoms with Crippen LogP contribution in [0.1, 0.15) is 23.6 Å². The zero-order chi connectivity index (χ0) is 17.5. The molecule has 0 saturated heterocycles. The van der Waals surface area contributed by atoms with Crippen molar-refractivity contribution in [2.24, 2.45) is 0 Å². The minimum Gasteiger partial charge on any atom is -0.365 e. The van der Waals surface area contributed by atoms with E-state index in [9.17, 15) is 0 Å². The van der Waals surface area contributed by atoms with Gasteiger partial charge in [-0.3, -0.25) is 0 Å². The number of nitrogens with one attached hydrogen (secondary N) is 1. The third-order valence-electron chi connectivity index (χ3n) is 3.98. The third kappa shape index (κ3) is 4.76. The quantitative estimate of drug-likeness (QED) is 0.712. The van der Waals surface area contributed by atoms with E-state index in [0.717, 1.165) is 18.9 Å². The Balaban J connectivity index is 1.69. The van der Waals surface area contributed by atoms with E-state index in [0.29, 0.717) is 12.5 Å². The number of hydrogen-bond donors (Lipinski definition) is 1. The van der Waals surface area contributed by atoms with Crippen LogP contribution in [0.5, 0.6) is 0 Å². The SMILES string of the molecule is CCN(Cc1ccccc1)c1nncc(NCc2cccc(C)c2)n1. The number of hydrogen-bond acceptors (Lipinski definition) is 5. The molecule has 0 spiro atoms. The Morgan fingerprint density at radius 1 is 1.00 bits per heavy atom. The molecule has 0 radical (unpaired) electrons. The van der Waals surface area contributed by atoms with Crippen molar-refractivity contribution in [3.05, 3.63) is 77.5 Å². The highest BCUT2D eigenvalue weighted by Gasteiger charge is 2.10. The molecular weight excluding hydrogens is 310 g/mol. The second-order valence-corrected chi connectivity index (χ2v) is 5.98. The van der Waals surface area contributed by atoms with Crippen molar-refractivity contribution in [1.29, 1.82) is 0 Å². The summed E-state index contributed by atoms with van der Waals surface area (Å²) in [4.78, 5) is 6.73. The van der Waals surface area contributed by atoms with Crippen LogP contribution < -0.4 is 10.2 Å². The van der Waals surface area contributed by atoms with Crippen molar-refractivity contribution in [2.45, 2.75) is 26.9 Å². The van der Waals surface area contributed by atoms with Crippen molar-refractivity contribution in [1.82, 2.24) is 15.2 Å². The fraction of sp³-hybridized carbons (Fsp3) is 0.250. The van der Waals surface area contributed by atoms with Crippen molar-refractivity contribution in [3.8, 4) is 0 Å². The lowest BCUT2D eigenvalue weighted by atomic mass is 10.1. The Hall–Kier alpha value is -2.95. The van der Waals surface area contributed by atoms with Gasteiger partial charge in [0.05, 0.1) is 6.20 Å². The maximum atomic E-state index is 4.62. The van der Waals surface area contributed by atoms with Crippen molar-refractivity contribution >= 4 is 11.8 Å². The van der Waals surface area contributed by atoms with Crippen LogP contribution >= 0.6 is 0 Å². The third-order valence-corrected chi connectivity index (χ3v) is 3.98. The van der Waals surface area contributed by atoms with Gasteiger partial charge < -0.3 is 10.2 Å². The van der Waals surface area contributed by atoms with E-state index >= 15 is 0 Å². The van der Waals surface area contributed by atoms with E-state index < -0.39 is 0 Å². The minimum atomic E-state index is 0.639. The average molecular weight is 333 g/mol. The molecule has 0 unspecified atom stereocenters. The zero-order valence-corrected chi connectivity index (χ0v) is 14.7. The first kappa shape index (κ1) is 16.9. The van der Waals surface area contributed by atoms with Crippen LogP contribution in [-0.2, 0) is 13.1 Å². The molecule has 0 aliphatic carbocycles. The number of aromatic nitrogens is 3. The summed E-state index contributed by atoms with van der Waals surface area (Å²) in [6, 6.07) is 18.7. The molecule has 0 atom stereocenters. The molecule has 0 bridgehead atoms. The topological polar surface area (TPSA) is 53.9 Å². The molecule has 5 heteroatoms. The molecule has 1 heterocycles. The Morgan fingerprint density at radius 3 is 2.56 bits per heavy atom. The van der Waals surface area contributed by atoms with Crippen LogP contribution in [0.2, 0.25) is 0 Å². The predicted octanol–water partition coefficient (Wildman–Crippen LogP) is 3.82. The predicted molar refractivity (Wildman–Crippen MR) is 101 cm³/mol. The molecule has 1 N–H and O–H groups in total. The van der Waals surface area contributed by atoms with E-state index in [1.165, 1.54) is 16.7 Å². The van der Waals surface area contributed by atoms with Crippen LogP contribution in [-0.4, -0.2) is 21.7 Å². The molecule has 1 aromatic heterocycles. The summed E-state index contributed by atoms with van der Waals surface area (Å²) in [5, 5.41) is 11.6. The van der Waals surface area contributed by atoms with Crippen LogP contribution in [0.3, 0.4) is 0 Å². The second-order valence-electron chi connectivity index (χ2n) is 5.98. The van der Waals surface area contributed by atoms with Gasteiger partial charge in [-0.1, -0.05) is 60.2 Å². The van der Waals surface area contributed by atoms with E-state index in [1.54, 1.807) is 6.20 Å². The number of benzene rings is 2. The van der Waals surface area contributed by atoms with Gasteiger partial charge in [0, 0.05) is 19.6 Å². The molecule has 0 saturated carbocycles.